The van der Waals surface area contributed by atoms with E-state index in [0.29, 0.717) is 11.4 Å². The molecule has 0 aliphatic heterocycles. The molecule has 2 rings (SSSR count). The van der Waals surface area contributed by atoms with E-state index in [0.717, 1.165) is 16.7 Å². The predicted molar refractivity (Wildman–Crippen MR) is 90.1 cm³/mol. The zero-order valence-corrected chi connectivity index (χ0v) is 14.6. The topological polar surface area (TPSA) is 31.4 Å². The molecule has 1 aromatic heterocycles. The Morgan fingerprint density at radius 1 is 1.09 bits per heavy atom. The summed E-state index contributed by atoms with van der Waals surface area (Å²) in [6, 6.07) is 7.58. The predicted octanol–water partition coefficient (Wildman–Crippen LogP) is 4.94. The molecule has 0 aliphatic rings. The number of aryl methyl sites for hydroxylation is 1. The molecule has 0 spiro atoms. The van der Waals surface area contributed by atoms with Crippen LogP contribution in [0.15, 0.2) is 30.5 Å². The van der Waals surface area contributed by atoms with Crippen molar-refractivity contribution in [2.24, 2.45) is 5.41 Å². The minimum absolute atomic E-state index is 0.120. The van der Waals surface area contributed by atoms with Crippen LogP contribution in [0.2, 0.25) is 0 Å². The highest BCUT2D eigenvalue weighted by Gasteiger charge is 2.29. The Morgan fingerprint density at radius 3 is 2.35 bits per heavy atom. The van der Waals surface area contributed by atoms with Gasteiger partial charge >= 0.3 is 0 Å². The first-order chi connectivity index (χ1) is 10.8. The van der Waals surface area contributed by atoms with Crippen molar-refractivity contribution in [3.63, 3.8) is 0 Å². The fraction of sp³-hybridized carbons (Fsp3) is 0.421. The minimum Gasteiger partial charge on any atom is -0.481 e. The van der Waals surface area contributed by atoms with Crippen molar-refractivity contribution in [2.75, 3.05) is 14.2 Å². The highest BCUT2D eigenvalue weighted by molar-refractivity contribution is 5.69. The SMILES string of the molecule is COc1cc(-c2ccc(C)cc2C(OC)C(C)(C)C)c(F)cn1. The van der Waals surface area contributed by atoms with Crippen LogP contribution in [0.3, 0.4) is 0 Å². The molecule has 0 fully saturated rings. The highest BCUT2D eigenvalue weighted by Crippen LogP contribution is 2.41. The van der Waals surface area contributed by atoms with E-state index in [1.54, 1.807) is 13.2 Å². The third kappa shape index (κ3) is 3.70. The molecule has 2 aromatic rings. The van der Waals surface area contributed by atoms with Crippen molar-refractivity contribution in [1.29, 1.82) is 0 Å². The van der Waals surface area contributed by atoms with Gasteiger partial charge in [-0.1, -0.05) is 44.5 Å². The van der Waals surface area contributed by atoms with Gasteiger partial charge in [-0.15, -0.1) is 0 Å². The molecule has 0 saturated carbocycles. The first-order valence-corrected chi connectivity index (χ1v) is 7.61. The second-order valence-electron chi connectivity index (χ2n) is 6.78. The quantitative estimate of drug-likeness (QED) is 0.800. The van der Waals surface area contributed by atoms with Crippen molar-refractivity contribution in [3.05, 3.63) is 47.4 Å². The maximum absolute atomic E-state index is 14.4. The Hall–Kier alpha value is -1.94. The average molecular weight is 317 g/mol. The molecule has 4 heteroatoms. The number of benzene rings is 1. The Morgan fingerprint density at radius 2 is 1.78 bits per heavy atom. The maximum atomic E-state index is 14.4. The zero-order valence-electron chi connectivity index (χ0n) is 14.6. The molecule has 1 unspecified atom stereocenters. The van der Waals surface area contributed by atoms with Crippen LogP contribution in [-0.2, 0) is 4.74 Å². The Labute approximate surface area is 137 Å². The molecular formula is C19H24FNO2. The van der Waals surface area contributed by atoms with Gasteiger partial charge in [-0.3, -0.25) is 0 Å². The van der Waals surface area contributed by atoms with Crippen molar-refractivity contribution < 1.29 is 13.9 Å². The zero-order chi connectivity index (χ0) is 17.2. The van der Waals surface area contributed by atoms with Crippen LogP contribution in [-0.4, -0.2) is 19.2 Å². The van der Waals surface area contributed by atoms with E-state index in [1.165, 1.54) is 13.3 Å². The molecule has 0 aliphatic carbocycles. The Kier molecular flexibility index (Phi) is 5.05. The normalized spacial score (nSPS) is 13.0. The van der Waals surface area contributed by atoms with Crippen LogP contribution in [0, 0.1) is 18.2 Å². The summed E-state index contributed by atoms with van der Waals surface area (Å²) < 4.78 is 25.3. The van der Waals surface area contributed by atoms with Crippen LogP contribution in [0.25, 0.3) is 11.1 Å². The van der Waals surface area contributed by atoms with Crippen molar-refractivity contribution in [2.45, 2.75) is 33.8 Å². The lowest BCUT2D eigenvalue weighted by atomic mass is 9.81. The fourth-order valence-electron chi connectivity index (χ4n) is 2.83. The summed E-state index contributed by atoms with van der Waals surface area (Å²) in [6.45, 7) is 8.34. The summed E-state index contributed by atoms with van der Waals surface area (Å²) in [5, 5.41) is 0. The van der Waals surface area contributed by atoms with Gasteiger partial charge in [0.1, 0.15) is 5.82 Å². The van der Waals surface area contributed by atoms with Crippen LogP contribution in [0.4, 0.5) is 4.39 Å². The molecule has 0 amide bonds. The average Bonchev–Trinajstić information content (AvgIpc) is 2.48. The molecule has 1 aromatic carbocycles. The molecule has 3 nitrogen and oxygen atoms in total. The van der Waals surface area contributed by atoms with Crippen molar-refractivity contribution >= 4 is 0 Å². The van der Waals surface area contributed by atoms with Crippen LogP contribution >= 0.6 is 0 Å². The lowest BCUT2D eigenvalue weighted by molar-refractivity contribution is 0.0155. The number of rotatable bonds is 4. The van der Waals surface area contributed by atoms with Crippen molar-refractivity contribution in [3.8, 4) is 17.0 Å². The Bertz CT molecular complexity index is 692. The summed E-state index contributed by atoms with van der Waals surface area (Å²) in [5.74, 6) is 0.0114. The lowest BCUT2D eigenvalue weighted by Crippen LogP contribution is -2.21. The number of hydrogen-bond donors (Lipinski definition) is 0. The summed E-state index contributed by atoms with van der Waals surface area (Å²) in [4.78, 5) is 3.92. The minimum atomic E-state index is -0.375. The van der Waals surface area contributed by atoms with Crippen LogP contribution in [0.1, 0.15) is 38.0 Å². The number of halogens is 1. The fourth-order valence-corrected chi connectivity index (χ4v) is 2.83. The van der Waals surface area contributed by atoms with Crippen LogP contribution in [0.5, 0.6) is 5.88 Å². The number of aromatic nitrogens is 1. The van der Waals surface area contributed by atoms with Gasteiger partial charge in [-0.25, -0.2) is 9.37 Å². The number of pyridine rings is 1. The third-order valence-electron chi connectivity index (χ3n) is 3.84. The van der Waals surface area contributed by atoms with Gasteiger partial charge in [0, 0.05) is 18.7 Å². The molecule has 124 valence electrons. The smallest absolute Gasteiger partial charge is 0.213 e. The first kappa shape index (κ1) is 17.4. The van der Waals surface area contributed by atoms with Gasteiger partial charge in [-0.05, 0) is 23.5 Å². The summed E-state index contributed by atoms with van der Waals surface area (Å²) in [5.41, 5.74) is 3.22. The first-order valence-electron chi connectivity index (χ1n) is 7.61. The number of nitrogens with zero attached hydrogens (tertiary/aromatic N) is 1. The second kappa shape index (κ2) is 6.67. The monoisotopic (exact) mass is 317 g/mol. The number of hydrogen-bond acceptors (Lipinski definition) is 3. The van der Waals surface area contributed by atoms with Gasteiger partial charge < -0.3 is 9.47 Å². The van der Waals surface area contributed by atoms with Gasteiger partial charge in [0.2, 0.25) is 5.88 Å². The summed E-state index contributed by atoms with van der Waals surface area (Å²) >= 11 is 0. The van der Waals surface area contributed by atoms with Gasteiger partial charge in [0.25, 0.3) is 0 Å². The van der Waals surface area contributed by atoms with E-state index in [1.807, 2.05) is 19.1 Å². The van der Waals surface area contributed by atoms with E-state index in [4.69, 9.17) is 9.47 Å². The molecule has 1 atom stereocenters. The second-order valence-corrected chi connectivity index (χ2v) is 6.78. The standard InChI is InChI=1S/C19H24FNO2/c1-12-7-8-13(14-10-17(22-5)21-11-16(14)20)15(9-12)18(23-6)19(2,3)4/h7-11,18H,1-6H3. The maximum Gasteiger partial charge on any atom is 0.213 e. The summed E-state index contributed by atoms with van der Waals surface area (Å²) in [6.07, 6.45) is 1.03. The molecular weight excluding hydrogens is 293 g/mol. The van der Waals surface area contributed by atoms with E-state index >= 15 is 0 Å². The lowest BCUT2D eigenvalue weighted by Gasteiger charge is -2.31. The van der Waals surface area contributed by atoms with Gasteiger partial charge in [-0.2, -0.15) is 0 Å². The molecule has 0 saturated heterocycles. The summed E-state index contributed by atoms with van der Waals surface area (Å²) in [7, 11) is 3.21. The molecule has 1 heterocycles. The van der Waals surface area contributed by atoms with Crippen LogP contribution < -0.4 is 4.74 Å². The number of methoxy groups -OCH3 is 2. The van der Waals surface area contributed by atoms with E-state index in [9.17, 15) is 4.39 Å². The van der Waals surface area contributed by atoms with E-state index < -0.39 is 0 Å². The molecule has 23 heavy (non-hydrogen) atoms. The molecule has 0 bridgehead atoms. The molecule has 0 N–H and O–H groups in total. The third-order valence-corrected chi connectivity index (χ3v) is 3.84. The van der Waals surface area contributed by atoms with Gasteiger partial charge in [0.05, 0.1) is 19.4 Å². The van der Waals surface area contributed by atoms with E-state index in [-0.39, 0.29) is 17.3 Å². The van der Waals surface area contributed by atoms with E-state index in [2.05, 4.69) is 31.8 Å². The largest absolute Gasteiger partial charge is 0.481 e. The molecule has 0 radical (unpaired) electrons. The Balaban J connectivity index is 2.69. The van der Waals surface area contributed by atoms with Crippen molar-refractivity contribution in [1.82, 2.24) is 4.98 Å². The highest BCUT2D eigenvalue weighted by atomic mass is 19.1. The number of ether oxygens (including phenoxy) is 2. The van der Waals surface area contributed by atoms with Gasteiger partial charge in [0.15, 0.2) is 0 Å².